The maximum Gasteiger partial charge on any atom is 0.419 e. The summed E-state index contributed by atoms with van der Waals surface area (Å²) in [6.07, 6.45) is -4.84. The van der Waals surface area contributed by atoms with Gasteiger partial charge in [0, 0.05) is 11.6 Å². The average Bonchev–Trinajstić information content (AvgIpc) is 2.38. The van der Waals surface area contributed by atoms with Gasteiger partial charge in [0.1, 0.15) is 11.6 Å². The van der Waals surface area contributed by atoms with E-state index in [-0.39, 0.29) is 11.1 Å². The van der Waals surface area contributed by atoms with Crippen LogP contribution >= 0.6 is 0 Å². The zero-order valence-corrected chi connectivity index (χ0v) is 11.0. The van der Waals surface area contributed by atoms with E-state index in [0.717, 1.165) is 12.1 Å². The molecule has 112 valence electrons. The fourth-order valence-electron chi connectivity index (χ4n) is 1.96. The molecule has 0 saturated carbocycles. The monoisotopic (exact) mass is 301 g/mol. The van der Waals surface area contributed by atoms with Gasteiger partial charge in [-0.2, -0.15) is 13.2 Å². The zero-order valence-electron chi connectivity index (χ0n) is 11.0. The number of rotatable bonds is 2. The standard InChI is InChI=1S/C15H12F5N/c1-8(21)9-2-4-13(16)11(6-9)10-3-5-14(17)12(7-10)15(18,19)20/h2-8H,21H2,1H3. The Labute approximate surface area is 118 Å². The smallest absolute Gasteiger partial charge is 0.324 e. The average molecular weight is 301 g/mol. The Hall–Kier alpha value is -1.95. The molecule has 2 aromatic rings. The van der Waals surface area contributed by atoms with Crippen molar-refractivity contribution in [1.82, 2.24) is 0 Å². The topological polar surface area (TPSA) is 26.0 Å². The summed E-state index contributed by atoms with van der Waals surface area (Å²) in [7, 11) is 0. The second kappa shape index (κ2) is 5.44. The predicted octanol–water partition coefficient (Wildman–Crippen LogP) is 4.67. The van der Waals surface area contributed by atoms with Gasteiger partial charge in [-0.3, -0.25) is 0 Å². The third kappa shape index (κ3) is 3.21. The molecular formula is C15H12F5N. The fourth-order valence-corrected chi connectivity index (χ4v) is 1.96. The molecule has 1 atom stereocenters. The Morgan fingerprint density at radius 2 is 1.57 bits per heavy atom. The van der Waals surface area contributed by atoms with Crippen LogP contribution in [0.5, 0.6) is 0 Å². The maximum atomic E-state index is 13.8. The normalized spacial score (nSPS) is 13.3. The minimum Gasteiger partial charge on any atom is -0.324 e. The zero-order chi connectivity index (χ0) is 15.8. The molecule has 0 spiro atoms. The van der Waals surface area contributed by atoms with E-state index in [9.17, 15) is 22.0 Å². The van der Waals surface area contributed by atoms with E-state index in [4.69, 9.17) is 5.73 Å². The summed E-state index contributed by atoms with van der Waals surface area (Å²) in [5.74, 6) is -2.09. The Morgan fingerprint density at radius 3 is 2.14 bits per heavy atom. The Balaban J connectivity index is 2.60. The van der Waals surface area contributed by atoms with Crippen LogP contribution in [0.15, 0.2) is 36.4 Å². The van der Waals surface area contributed by atoms with E-state index in [2.05, 4.69) is 0 Å². The van der Waals surface area contributed by atoms with Crippen LogP contribution in [-0.2, 0) is 6.18 Å². The first-order valence-corrected chi connectivity index (χ1v) is 6.12. The molecule has 0 radical (unpaired) electrons. The summed E-state index contributed by atoms with van der Waals surface area (Å²) in [6, 6.07) is 5.94. The van der Waals surface area contributed by atoms with E-state index < -0.39 is 29.4 Å². The third-order valence-electron chi connectivity index (χ3n) is 3.10. The minimum absolute atomic E-state index is 0.0460. The molecule has 0 aliphatic rings. The lowest BCUT2D eigenvalue weighted by Gasteiger charge is -2.13. The van der Waals surface area contributed by atoms with Crippen LogP contribution in [0.4, 0.5) is 22.0 Å². The molecule has 0 fully saturated rings. The molecule has 1 unspecified atom stereocenters. The van der Waals surface area contributed by atoms with Crippen molar-refractivity contribution in [3.63, 3.8) is 0 Å². The Morgan fingerprint density at radius 1 is 0.952 bits per heavy atom. The number of nitrogens with two attached hydrogens (primary N) is 1. The molecule has 0 aromatic heterocycles. The van der Waals surface area contributed by atoms with Gasteiger partial charge in [-0.05, 0) is 42.3 Å². The molecule has 0 aliphatic heterocycles. The van der Waals surface area contributed by atoms with E-state index in [1.54, 1.807) is 6.92 Å². The predicted molar refractivity (Wildman–Crippen MR) is 69.4 cm³/mol. The van der Waals surface area contributed by atoms with Crippen molar-refractivity contribution >= 4 is 0 Å². The van der Waals surface area contributed by atoms with Crippen molar-refractivity contribution in [3.05, 3.63) is 59.2 Å². The quantitative estimate of drug-likeness (QED) is 0.801. The number of halogens is 5. The van der Waals surface area contributed by atoms with Crippen molar-refractivity contribution in [2.75, 3.05) is 0 Å². The van der Waals surface area contributed by atoms with Crippen LogP contribution < -0.4 is 5.73 Å². The molecule has 2 rings (SSSR count). The first-order valence-electron chi connectivity index (χ1n) is 6.12. The van der Waals surface area contributed by atoms with Crippen LogP contribution in [0.3, 0.4) is 0 Å². The summed E-state index contributed by atoms with van der Waals surface area (Å²) in [5, 5.41) is 0. The lowest BCUT2D eigenvalue weighted by Crippen LogP contribution is -2.08. The fraction of sp³-hybridized carbons (Fsp3) is 0.200. The van der Waals surface area contributed by atoms with E-state index in [1.165, 1.54) is 12.1 Å². The number of hydrogen-bond donors (Lipinski definition) is 1. The highest BCUT2D eigenvalue weighted by Gasteiger charge is 2.34. The molecule has 0 bridgehead atoms. The van der Waals surface area contributed by atoms with Gasteiger partial charge in [0.2, 0.25) is 0 Å². The number of alkyl halides is 3. The largest absolute Gasteiger partial charge is 0.419 e. The number of hydrogen-bond acceptors (Lipinski definition) is 1. The molecule has 0 amide bonds. The highest BCUT2D eigenvalue weighted by Crippen LogP contribution is 2.35. The van der Waals surface area contributed by atoms with E-state index in [0.29, 0.717) is 17.7 Å². The van der Waals surface area contributed by atoms with Gasteiger partial charge < -0.3 is 5.73 Å². The van der Waals surface area contributed by atoms with Crippen molar-refractivity contribution < 1.29 is 22.0 Å². The molecule has 0 aliphatic carbocycles. The Bertz CT molecular complexity index is 662. The van der Waals surface area contributed by atoms with E-state index >= 15 is 0 Å². The summed E-state index contributed by atoms with van der Waals surface area (Å²) >= 11 is 0. The van der Waals surface area contributed by atoms with Crippen LogP contribution in [-0.4, -0.2) is 0 Å². The van der Waals surface area contributed by atoms with Crippen LogP contribution in [0.1, 0.15) is 24.1 Å². The van der Waals surface area contributed by atoms with Crippen LogP contribution in [0, 0.1) is 11.6 Å². The van der Waals surface area contributed by atoms with Gasteiger partial charge in [0.05, 0.1) is 5.56 Å². The molecule has 0 heterocycles. The van der Waals surface area contributed by atoms with Crippen LogP contribution in [0.25, 0.3) is 11.1 Å². The summed E-state index contributed by atoms with van der Waals surface area (Å²) in [6.45, 7) is 1.67. The molecule has 1 nitrogen and oxygen atoms in total. The summed E-state index contributed by atoms with van der Waals surface area (Å²) in [4.78, 5) is 0. The lowest BCUT2D eigenvalue weighted by molar-refractivity contribution is -0.139. The summed E-state index contributed by atoms with van der Waals surface area (Å²) in [5.41, 5.74) is 4.72. The second-order valence-corrected chi connectivity index (χ2v) is 4.72. The second-order valence-electron chi connectivity index (χ2n) is 4.72. The third-order valence-corrected chi connectivity index (χ3v) is 3.10. The summed E-state index contributed by atoms with van der Waals surface area (Å²) < 4.78 is 65.2. The first-order chi connectivity index (χ1) is 9.70. The van der Waals surface area contributed by atoms with Gasteiger partial charge in [0.25, 0.3) is 0 Å². The lowest BCUT2D eigenvalue weighted by atomic mass is 9.98. The minimum atomic E-state index is -4.84. The highest BCUT2D eigenvalue weighted by molar-refractivity contribution is 5.66. The maximum absolute atomic E-state index is 13.8. The van der Waals surface area contributed by atoms with E-state index in [1.807, 2.05) is 0 Å². The van der Waals surface area contributed by atoms with Crippen molar-refractivity contribution in [3.8, 4) is 11.1 Å². The van der Waals surface area contributed by atoms with Crippen molar-refractivity contribution in [2.24, 2.45) is 5.73 Å². The molecule has 6 heteroatoms. The molecular weight excluding hydrogens is 289 g/mol. The van der Waals surface area contributed by atoms with Crippen molar-refractivity contribution in [2.45, 2.75) is 19.1 Å². The molecule has 2 aromatic carbocycles. The van der Waals surface area contributed by atoms with Crippen molar-refractivity contribution in [1.29, 1.82) is 0 Å². The first kappa shape index (κ1) is 15.4. The van der Waals surface area contributed by atoms with Gasteiger partial charge in [0.15, 0.2) is 0 Å². The molecule has 0 saturated heterocycles. The Kier molecular flexibility index (Phi) is 4.00. The molecule has 2 N–H and O–H groups in total. The van der Waals surface area contributed by atoms with Gasteiger partial charge >= 0.3 is 6.18 Å². The number of benzene rings is 2. The SMILES string of the molecule is CC(N)c1ccc(F)c(-c2ccc(F)c(C(F)(F)F)c2)c1. The molecule has 21 heavy (non-hydrogen) atoms. The van der Waals surface area contributed by atoms with Gasteiger partial charge in [-0.1, -0.05) is 12.1 Å². The van der Waals surface area contributed by atoms with Gasteiger partial charge in [-0.15, -0.1) is 0 Å². The van der Waals surface area contributed by atoms with Crippen LogP contribution in [0.2, 0.25) is 0 Å². The van der Waals surface area contributed by atoms with Gasteiger partial charge in [-0.25, -0.2) is 8.78 Å². The highest BCUT2D eigenvalue weighted by atomic mass is 19.4.